The largest absolute Gasteiger partial charge is 0.376 e. The first-order valence-corrected chi connectivity index (χ1v) is 10.8. The van der Waals surface area contributed by atoms with Gasteiger partial charge in [0.2, 0.25) is 0 Å². The Labute approximate surface area is 170 Å². The molecular formula is C22H29FN4O2. The predicted molar refractivity (Wildman–Crippen MR) is 108 cm³/mol. The third kappa shape index (κ3) is 4.16. The van der Waals surface area contributed by atoms with Gasteiger partial charge in [-0.3, -0.25) is 4.79 Å². The first-order chi connectivity index (χ1) is 14.2. The van der Waals surface area contributed by atoms with Crippen molar-refractivity contribution in [1.82, 2.24) is 19.6 Å². The van der Waals surface area contributed by atoms with Gasteiger partial charge in [0.05, 0.1) is 17.7 Å². The van der Waals surface area contributed by atoms with E-state index in [2.05, 4.69) is 15.2 Å². The summed E-state index contributed by atoms with van der Waals surface area (Å²) < 4.78 is 21.0. The SMILES string of the molecule is O=C(N[C@H]1C[C@H]2CN(CCF)C[C@H]2C[C@@H]1OCC1CC1)c1ccc2nccn2c1. The van der Waals surface area contributed by atoms with E-state index in [1.54, 1.807) is 6.20 Å². The molecule has 0 spiro atoms. The maximum absolute atomic E-state index is 13.0. The molecule has 2 aromatic rings. The van der Waals surface area contributed by atoms with E-state index in [0.29, 0.717) is 29.9 Å². The highest BCUT2D eigenvalue weighted by Gasteiger charge is 2.43. The van der Waals surface area contributed by atoms with Crippen LogP contribution < -0.4 is 5.32 Å². The molecule has 2 aromatic heterocycles. The molecule has 7 heteroatoms. The number of hydrogen-bond acceptors (Lipinski definition) is 4. The quantitative estimate of drug-likeness (QED) is 0.776. The lowest BCUT2D eigenvalue weighted by Crippen LogP contribution is -2.50. The summed E-state index contributed by atoms with van der Waals surface area (Å²) in [5, 5.41) is 3.26. The summed E-state index contributed by atoms with van der Waals surface area (Å²) in [4.78, 5) is 19.4. The van der Waals surface area contributed by atoms with Gasteiger partial charge in [-0.05, 0) is 55.6 Å². The molecule has 6 nitrogen and oxygen atoms in total. The van der Waals surface area contributed by atoms with Crippen molar-refractivity contribution in [3.63, 3.8) is 0 Å². The Hall–Kier alpha value is -1.99. The fourth-order valence-electron chi connectivity index (χ4n) is 5.00. The summed E-state index contributed by atoms with van der Waals surface area (Å²) in [7, 11) is 0. The summed E-state index contributed by atoms with van der Waals surface area (Å²) in [6, 6.07) is 3.69. The number of carbonyl (C=O) groups excluding carboxylic acids is 1. The van der Waals surface area contributed by atoms with Crippen LogP contribution in [-0.2, 0) is 4.74 Å². The van der Waals surface area contributed by atoms with Crippen molar-refractivity contribution in [2.75, 3.05) is 32.9 Å². The topological polar surface area (TPSA) is 58.9 Å². The molecule has 4 atom stereocenters. The van der Waals surface area contributed by atoms with E-state index in [4.69, 9.17) is 4.74 Å². The van der Waals surface area contributed by atoms with Crippen molar-refractivity contribution in [3.05, 3.63) is 36.3 Å². The van der Waals surface area contributed by atoms with Crippen LogP contribution in [0, 0.1) is 17.8 Å². The second-order valence-electron chi connectivity index (χ2n) is 8.95. The van der Waals surface area contributed by atoms with E-state index < -0.39 is 0 Å². The monoisotopic (exact) mass is 400 g/mol. The summed E-state index contributed by atoms with van der Waals surface area (Å²) in [6.45, 7) is 2.90. The molecule has 3 fully saturated rings. The van der Waals surface area contributed by atoms with Crippen molar-refractivity contribution in [2.45, 2.75) is 37.8 Å². The Bertz CT molecular complexity index is 867. The van der Waals surface area contributed by atoms with Gasteiger partial charge in [-0.2, -0.15) is 0 Å². The minimum absolute atomic E-state index is 0.00584. The number of halogens is 1. The molecule has 1 N–H and O–H groups in total. The van der Waals surface area contributed by atoms with Gasteiger partial charge in [0.15, 0.2) is 0 Å². The van der Waals surface area contributed by atoms with E-state index in [-0.39, 0.29) is 24.7 Å². The maximum Gasteiger partial charge on any atom is 0.253 e. The first-order valence-electron chi connectivity index (χ1n) is 10.8. The maximum atomic E-state index is 13.0. The van der Waals surface area contributed by atoms with Gasteiger partial charge >= 0.3 is 0 Å². The molecule has 0 aromatic carbocycles. The summed E-state index contributed by atoms with van der Waals surface area (Å²) >= 11 is 0. The van der Waals surface area contributed by atoms with E-state index in [0.717, 1.165) is 38.2 Å². The van der Waals surface area contributed by atoms with Crippen molar-refractivity contribution in [3.8, 4) is 0 Å². The van der Waals surface area contributed by atoms with Crippen molar-refractivity contribution >= 4 is 11.6 Å². The van der Waals surface area contributed by atoms with E-state index in [1.807, 2.05) is 28.9 Å². The minimum atomic E-state index is -0.294. The second kappa shape index (κ2) is 8.03. The lowest BCUT2D eigenvalue weighted by atomic mass is 9.77. The lowest BCUT2D eigenvalue weighted by molar-refractivity contribution is -0.0212. The molecule has 156 valence electrons. The number of amides is 1. The number of ether oxygens (including phenoxy) is 1. The Morgan fingerprint density at radius 1 is 1.24 bits per heavy atom. The van der Waals surface area contributed by atoms with Gasteiger partial charge in [-0.15, -0.1) is 0 Å². The fraction of sp³-hybridized carbons (Fsp3) is 0.636. The van der Waals surface area contributed by atoms with E-state index >= 15 is 0 Å². The number of alkyl halides is 1. The lowest BCUT2D eigenvalue weighted by Gasteiger charge is -2.38. The van der Waals surface area contributed by atoms with E-state index in [1.165, 1.54) is 12.8 Å². The molecule has 1 aliphatic heterocycles. The van der Waals surface area contributed by atoms with Crippen molar-refractivity contribution < 1.29 is 13.9 Å². The van der Waals surface area contributed by atoms with Crippen LogP contribution in [0.4, 0.5) is 4.39 Å². The van der Waals surface area contributed by atoms with Crippen LogP contribution in [0.5, 0.6) is 0 Å². The summed E-state index contributed by atoms with van der Waals surface area (Å²) in [6.07, 6.45) is 9.80. The molecule has 0 unspecified atom stereocenters. The van der Waals surface area contributed by atoms with Gasteiger partial charge in [0.1, 0.15) is 12.3 Å². The van der Waals surface area contributed by atoms with Crippen LogP contribution in [-0.4, -0.2) is 65.3 Å². The van der Waals surface area contributed by atoms with Crippen LogP contribution >= 0.6 is 0 Å². The highest BCUT2D eigenvalue weighted by Crippen LogP contribution is 2.39. The number of aromatic nitrogens is 2. The molecule has 1 saturated heterocycles. The first kappa shape index (κ1) is 19.0. The average molecular weight is 400 g/mol. The van der Waals surface area contributed by atoms with Gasteiger partial charge in [-0.1, -0.05) is 0 Å². The van der Waals surface area contributed by atoms with Crippen LogP contribution in [0.3, 0.4) is 0 Å². The molecule has 3 aliphatic rings. The highest BCUT2D eigenvalue weighted by molar-refractivity contribution is 5.94. The molecule has 5 rings (SSSR count). The highest BCUT2D eigenvalue weighted by atomic mass is 19.1. The van der Waals surface area contributed by atoms with Crippen LogP contribution in [0.2, 0.25) is 0 Å². The number of hydrogen-bond donors (Lipinski definition) is 1. The van der Waals surface area contributed by atoms with Crippen LogP contribution in [0.1, 0.15) is 36.0 Å². The zero-order valence-electron chi connectivity index (χ0n) is 16.7. The number of carbonyl (C=O) groups is 1. The van der Waals surface area contributed by atoms with Crippen LogP contribution in [0.15, 0.2) is 30.7 Å². The number of nitrogens with zero attached hydrogens (tertiary/aromatic N) is 3. The minimum Gasteiger partial charge on any atom is -0.376 e. The number of nitrogens with one attached hydrogen (secondary N) is 1. The number of pyridine rings is 1. The molecule has 1 amide bonds. The number of imidazole rings is 1. The molecule has 3 heterocycles. The fourth-order valence-corrected chi connectivity index (χ4v) is 5.00. The van der Waals surface area contributed by atoms with Crippen molar-refractivity contribution in [2.24, 2.45) is 17.8 Å². The summed E-state index contributed by atoms with van der Waals surface area (Å²) in [5.74, 6) is 1.67. The number of likely N-dealkylation sites (tertiary alicyclic amines) is 1. The predicted octanol–water partition coefficient (Wildman–Crippen LogP) is 2.54. The van der Waals surface area contributed by atoms with Crippen LogP contribution in [0.25, 0.3) is 5.65 Å². The van der Waals surface area contributed by atoms with E-state index in [9.17, 15) is 9.18 Å². The summed E-state index contributed by atoms with van der Waals surface area (Å²) in [5.41, 5.74) is 1.45. The zero-order valence-corrected chi connectivity index (χ0v) is 16.7. The molecule has 2 saturated carbocycles. The smallest absolute Gasteiger partial charge is 0.253 e. The Balaban J connectivity index is 1.29. The molecule has 0 bridgehead atoms. The normalized spacial score (nSPS) is 29.8. The third-order valence-corrected chi connectivity index (χ3v) is 6.80. The standard InChI is InChI=1S/C22H29FN4O2/c23-5-7-26-11-17-9-19(20(10-18(17)12-26)29-14-15-1-2-15)25-22(28)16-3-4-21-24-6-8-27(21)13-16/h3-4,6,8,13,15,17-20H,1-2,5,7,9-12,14H2,(H,25,28)/t17-,18+,19-,20-/m0/s1. The van der Waals surface area contributed by atoms with Gasteiger partial charge in [0.25, 0.3) is 5.91 Å². The average Bonchev–Trinajstić information content (AvgIpc) is 3.28. The van der Waals surface area contributed by atoms with Gasteiger partial charge in [0, 0.05) is 44.8 Å². The number of rotatable bonds is 7. The molecular weight excluding hydrogens is 371 g/mol. The molecule has 29 heavy (non-hydrogen) atoms. The third-order valence-electron chi connectivity index (χ3n) is 6.80. The number of fused-ring (bicyclic) bond motifs is 2. The Morgan fingerprint density at radius 3 is 2.86 bits per heavy atom. The van der Waals surface area contributed by atoms with Crippen molar-refractivity contribution in [1.29, 1.82) is 0 Å². The second-order valence-corrected chi connectivity index (χ2v) is 8.95. The molecule has 0 radical (unpaired) electrons. The Morgan fingerprint density at radius 2 is 2.07 bits per heavy atom. The molecule has 2 aliphatic carbocycles. The Kier molecular flexibility index (Phi) is 5.26. The zero-order chi connectivity index (χ0) is 19.8. The van der Waals surface area contributed by atoms with Gasteiger partial charge < -0.3 is 19.4 Å². The van der Waals surface area contributed by atoms with Gasteiger partial charge in [-0.25, -0.2) is 9.37 Å².